The summed E-state index contributed by atoms with van der Waals surface area (Å²) in [7, 11) is 2.19. The molecule has 1 saturated carbocycles. The lowest BCUT2D eigenvalue weighted by Crippen LogP contribution is -2.62. The first-order chi connectivity index (χ1) is 7.72. The fraction of sp³-hybridized carbons (Fsp3) is 0.923. The maximum Gasteiger partial charge on any atom is 0.0697 e. The average molecular weight is 220 g/mol. The summed E-state index contributed by atoms with van der Waals surface area (Å²) in [6.07, 6.45) is 4.70. The molecule has 3 rings (SSSR count). The van der Waals surface area contributed by atoms with Gasteiger partial charge in [-0.2, -0.15) is 5.26 Å². The van der Waals surface area contributed by atoms with E-state index in [4.69, 9.17) is 4.74 Å². The summed E-state index contributed by atoms with van der Waals surface area (Å²) in [6, 6.07) is 2.65. The Labute approximate surface area is 97.4 Å². The van der Waals surface area contributed by atoms with Crippen LogP contribution in [0.15, 0.2) is 0 Å². The monoisotopic (exact) mass is 220 g/mol. The molecule has 16 heavy (non-hydrogen) atoms. The molecule has 3 aliphatic rings. The van der Waals surface area contributed by atoms with E-state index in [1.807, 2.05) is 0 Å². The lowest BCUT2D eigenvalue weighted by molar-refractivity contribution is -0.217. The predicted octanol–water partition coefficient (Wildman–Crippen LogP) is 1.65. The van der Waals surface area contributed by atoms with Crippen LogP contribution in [-0.2, 0) is 4.74 Å². The molecule has 0 bridgehead atoms. The van der Waals surface area contributed by atoms with Crippen LogP contribution in [0.4, 0.5) is 0 Å². The van der Waals surface area contributed by atoms with Gasteiger partial charge in [-0.15, -0.1) is 0 Å². The lowest BCUT2D eigenvalue weighted by Gasteiger charge is -2.59. The Kier molecular flexibility index (Phi) is 2.28. The van der Waals surface area contributed by atoms with Crippen molar-refractivity contribution in [3.05, 3.63) is 0 Å². The second-order valence-electron chi connectivity index (χ2n) is 5.94. The van der Waals surface area contributed by atoms with Crippen LogP contribution in [0.1, 0.15) is 25.7 Å². The zero-order valence-electron chi connectivity index (χ0n) is 10.0. The van der Waals surface area contributed by atoms with Crippen molar-refractivity contribution in [1.82, 2.24) is 4.90 Å². The van der Waals surface area contributed by atoms with Gasteiger partial charge >= 0.3 is 0 Å². The van der Waals surface area contributed by atoms with Crippen molar-refractivity contribution in [2.24, 2.45) is 16.7 Å². The summed E-state index contributed by atoms with van der Waals surface area (Å²) in [6.45, 7) is 4.01. The first-order valence-corrected chi connectivity index (χ1v) is 6.40. The molecule has 1 aliphatic carbocycles. The third kappa shape index (κ3) is 1.15. The van der Waals surface area contributed by atoms with Crippen molar-refractivity contribution in [2.75, 3.05) is 33.4 Å². The molecule has 0 radical (unpaired) electrons. The Morgan fingerprint density at radius 1 is 1.38 bits per heavy atom. The summed E-state index contributed by atoms with van der Waals surface area (Å²) >= 11 is 0. The lowest BCUT2D eigenvalue weighted by atomic mass is 9.48. The maximum absolute atomic E-state index is 9.54. The van der Waals surface area contributed by atoms with Crippen LogP contribution in [0.3, 0.4) is 0 Å². The Morgan fingerprint density at radius 3 is 2.44 bits per heavy atom. The summed E-state index contributed by atoms with van der Waals surface area (Å²) in [5.41, 5.74) is 0.159. The third-order valence-electron chi connectivity index (χ3n) is 5.27. The first-order valence-electron chi connectivity index (χ1n) is 6.40. The van der Waals surface area contributed by atoms with Crippen molar-refractivity contribution in [1.29, 1.82) is 5.26 Å². The van der Waals surface area contributed by atoms with Gasteiger partial charge in [0.1, 0.15) is 0 Å². The number of likely N-dealkylation sites (tertiary alicyclic amines) is 1. The summed E-state index contributed by atoms with van der Waals surface area (Å²) in [5, 5.41) is 9.54. The van der Waals surface area contributed by atoms with Crippen molar-refractivity contribution in [3.8, 4) is 6.07 Å². The van der Waals surface area contributed by atoms with Gasteiger partial charge in [0.05, 0.1) is 24.7 Å². The largest absolute Gasteiger partial charge is 0.380 e. The first kappa shape index (κ1) is 10.6. The van der Waals surface area contributed by atoms with Gasteiger partial charge in [0, 0.05) is 12.0 Å². The molecule has 0 amide bonds. The minimum atomic E-state index is -0.0406. The third-order valence-corrected chi connectivity index (χ3v) is 5.27. The number of hydrogen-bond acceptors (Lipinski definition) is 3. The van der Waals surface area contributed by atoms with Crippen LogP contribution >= 0.6 is 0 Å². The highest BCUT2D eigenvalue weighted by atomic mass is 16.5. The molecule has 0 aromatic rings. The van der Waals surface area contributed by atoms with E-state index in [1.165, 1.54) is 19.4 Å². The second kappa shape index (κ2) is 3.45. The number of nitrogens with zero attached hydrogens (tertiary/aromatic N) is 2. The van der Waals surface area contributed by atoms with Gasteiger partial charge in [-0.3, -0.25) is 0 Å². The molecule has 3 heteroatoms. The molecule has 0 aromatic carbocycles. The van der Waals surface area contributed by atoms with Crippen LogP contribution in [0.25, 0.3) is 0 Å². The van der Waals surface area contributed by atoms with E-state index in [0.29, 0.717) is 5.92 Å². The number of ether oxygens (including phenoxy) is 1. The van der Waals surface area contributed by atoms with Crippen LogP contribution in [-0.4, -0.2) is 38.3 Å². The van der Waals surface area contributed by atoms with Crippen molar-refractivity contribution < 1.29 is 4.74 Å². The van der Waals surface area contributed by atoms with Crippen molar-refractivity contribution >= 4 is 0 Å². The van der Waals surface area contributed by atoms with Gasteiger partial charge in [-0.05, 0) is 38.8 Å². The molecule has 3 nitrogen and oxygen atoms in total. The van der Waals surface area contributed by atoms with Crippen molar-refractivity contribution in [2.45, 2.75) is 25.7 Å². The Hall–Kier alpha value is -0.590. The zero-order chi connectivity index (χ0) is 11.2. The zero-order valence-corrected chi connectivity index (χ0v) is 10.0. The molecule has 2 heterocycles. The highest BCUT2D eigenvalue weighted by Gasteiger charge is 2.63. The minimum absolute atomic E-state index is 0.0406. The molecule has 0 N–H and O–H groups in total. The van der Waals surface area contributed by atoms with Gasteiger partial charge in [0.2, 0.25) is 0 Å². The van der Waals surface area contributed by atoms with E-state index in [-0.39, 0.29) is 10.8 Å². The van der Waals surface area contributed by atoms with Gasteiger partial charge < -0.3 is 9.64 Å². The van der Waals surface area contributed by atoms with E-state index in [2.05, 4.69) is 18.0 Å². The summed E-state index contributed by atoms with van der Waals surface area (Å²) in [4.78, 5) is 2.40. The smallest absolute Gasteiger partial charge is 0.0697 e. The molecule has 1 unspecified atom stereocenters. The number of rotatable bonds is 2. The molecular weight excluding hydrogens is 200 g/mol. The molecule has 88 valence electrons. The molecule has 0 aromatic heterocycles. The van der Waals surface area contributed by atoms with Crippen LogP contribution in [0, 0.1) is 28.1 Å². The summed E-state index contributed by atoms with van der Waals surface area (Å²) < 4.78 is 5.50. The van der Waals surface area contributed by atoms with Gasteiger partial charge in [0.25, 0.3) is 0 Å². The Morgan fingerprint density at radius 2 is 2.12 bits per heavy atom. The molecule has 1 atom stereocenters. The number of nitriles is 1. The van der Waals surface area contributed by atoms with Gasteiger partial charge in [-0.1, -0.05) is 6.42 Å². The predicted molar refractivity (Wildman–Crippen MR) is 60.8 cm³/mol. The standard InChI is InChI=1S/C13H20N2O/c1-15-6-3-11(7-15)13(9-16-10-13)12(8-14)4-2-5-12/h11H,2-7,9-10H2,1H3. The van der Waals surface area contributed by atoms with E-state index in [1.54, 1.807) is 0 Å². The fourth-order valence-electron chi connectivity index (χ4n) is 3.86. The SMILES string of the molecule is CN1CCC(C2(C3(C#N)CCC3)COC2)C1. The molecule has 0 spiro atoms. The Balaban J connectivity index is 1.86. The Bertz CT molecular complexity index is 325. The highest BCUT2D eigenvalue weighted by molar-refractivity contribution is 5.19. The fourth-order valence-corrected chi connectivity index (χ4v) is 3.86. The normalized spacial score (nSPS) is 36.1. The van der Waals surface area contributed by atoms with Gasteiger partial charge in [-0.25, -0.2) is 0 Å². The van der Waals surface area contributed by atoms with E-state index < -0.39 is 0 Å². The van der Waals surface area contributed by atoms with Crippen LogP contribution in [0.2, 0.25) is 0 Å². The van der Waals surface area contributed by atoms with E-state index in [9.17, 15) is 5.26 Å². The topological polar surface area (TPSA) is 36.3 Å². The maximum atomic E-state index is 9.54. The van der Waals surface area contributed by atoms with Gasteiger partial charge in [0.15, 0.2) is 0 Å². The van der Waals surface area contributed by atoms with E-state index >= 15 is 0 Å². The van der Waals surface area contributed by atoms with E-state index in [0.717, 1.165) is 32.6 Å². The molecule has 2 aliphatic heterocycles. The molecule has 3 fully saturated rings. The quantitative estimate of drug-likeness (QED) is 0.710. The molecule has 2 saturated heterocycles. The summed E-state index contributed by atoms with van der Waals surface area (Å²) in [5.74, 6) is 0.686. The van der Waals surface area contributed by atoms with Crippen molar-refractivity contribution in [3.63, 3.8) is 0 Å². The minimum Gasteiger partial charge on any atom is -0.380 e. The molecular formula is C13H20N2O. The van der Waals surface area contributed by atoms with Crippen LogP contribution in [0.5, 0.6) is 0 Å². The highest BCUT2D eigenvalue weighted by Crippen LogP contribution is 2.61. The number of hydrogen-bond donors (Lipinski definition) is 0. The average Bonchev–Trinajstić information content (AvgIpc) is 2.55. The second-order valence-corrected chi connectivity index (χ2v) is 5.94. The van der Waals surface area contributed by atoms with Crippen LogP contribution < -0.4 is 0 Å².